The van der Waals surface area contributed by atoms with E-state index in [1.165, 1.54) is 0 Å². The number of aromatic nitrogens is 2. The van der Waals surface area contributed by atoms with Crippen molar-refractivity contribution in [1.29, 1.82) is 0 Å². The van der Waals surface area contributed by atoms with Crippen LogP contribution in [0, 0.1) is 0 Å². The Morgan fingerprint density at radius 3 is 2.46 bits per heavy atom. The zero-order chi connectivity index (χ0) is 17.4. The predicted octanol–water partition coefficient (Wildman–Crippen LogP) is 0.934. The molecular formula is C16H26BN3O3S. The highest BCUT2D eigenvalue weighted by atomic mass is 32.2. The second-order valence-electron chi connectivity index (χ2n) is 7.44. The number of aliphatic hydroxyl groups excluding tert-OH is 1. The van der Waals surface area contributed by atoms with E-state index < -0.39 is 7.12 Å². The Hall–Kier alpha value is -0.665. The first kappa shape index (κ1) is 18.1. The number of β-amino-alcohol motifs (C(OH)–C–C–N with tert-alkyl or cyclic N) is 1. The smallest absolute Gasteiger partial charge is 0.399 e. The van der Waals surface area contributed by atoms with Crippen molar-refractivity contribution in [1.82, 2.24) is 14.9 Å². The summed E-state index contributed by atoms with van der Waals surface area (Å²) < 4.78 is 12.1. The molecule has 3 rings (SSSR count). The minimum absolute atomic E-state index is 0.219. The minimum Gasteiger partial charge on any atom is -0.399 e. The van der Waals surface area contributed by atoms with E-state index in [2.05, 4.69) is 14.9 Å². The third-order valence-electron chi connectivity index (χ3n) is 5.09. The van der Waals surface area contributed by atoms with Crippen molar-refractivity contribution in [3.8, 4) is 0 Å². The van der Waals surface area contributed by atoms with Crippen molar-refractivity contribution >= 4 is 24.3 Å². The van der Waals surface area contributed by atoms with Gasteiger partial charge >= 0.3 is 7.12 Å². The molecule has 0 aliphatic carbocycles. The third-order valence-corrected chi connectivity index (χ3v) is 6.23. The lowest BCUT2D eigenvalue weighted by Gasteiger charge is -2.32. The molecule has 3 heterocycles. The molecule has 6 nitrogen and oxygen atoms in total. The van der Waals surface area contributed by atoms with E-state index in [1.54, 1.807) is 24.2 Å². The molecule has 2 aliphatic heterocycles. The second-order valence-corrected chi connectivity index (χ2v) is 8.71. The standard InChI is InChI=1S/C16H26BN3O3S/c1-15(2)16(3,4)23-17(22-15)12-9-18-14(19-10-12)24-13-5-6-20(11-13)7-8-21/h9-10,13,21H,5-8,11H2,1-4H3. The van der Waals surface area contributed by atoms with Crippen molar-refractivity contribution in [3.63, 3.8) is 0 Å². The number of hydrogen-bond donors (Lipinski definition) is 1. The highest BCUT2D eigenvalue weighted by Crippen LogP contribution is 2.36. The topological polar surface area (TPSA) is 67.7 Å². The molecule has 1 atom stereocenters. The molecule has 8 heteroatoms. The van der Waals surface area contributed by atoms with Gasteiger partial charge < -0.3 is 14.4 Å². The molecule has 0 radical (unpaired) electrons. The Bertz CT molecular complexity index is 554. The Morgan fingerprint density at radius 2 is 1.88 bits per heavy atom. The molecule has 2 fully saturated rings. The highest BCUT2D eigenvalue weighted by Gasteiger charge is 2.51. The maximum atomic E-state index is 9.01. The third kappa shape index (κ3) is 3.78. The Morgan fingerprint density at radius 1 is 1.25 bits per heavy atom. The summed E-state index contributed by atoms with van der Waals surface area (Å²) in [4.78, 5) is 11.2. The summed E-state index contributed by atoms with van der Waals surface area (Å²) in [5.41, 5.74) is 0.141. The second kappa shape index (κ2) is 6.92. The van der Waals surface area contributed by atoms with E-state index in [9.17, 15) is 0 Å². The quantitative estimate of drug-likeness (QED) is 0.625. The molecule has 0 amide bonds. The lowest BCUT2D eigenvalue weighted by atomic mass is 9.81. The van der Waals surface area contributed by atoms with Crippen molar-refractivity contribution in [2.24, 2.45) is 0 Å². The van der Waals surface area contributed by atoms with Gasteiger partial charge in [0.05, 0.1) is 17.8 Å². The van der Waals surface area contributed by atoms with Crippen LogP contribution in [0.3, 0.4) is 0 Å². The minimum atomic E-state index is -0.416. The van der Waals surface area contributed by atoms with Gasteiger partial charge in [-0.2, -0.15) is 0 Å². The van der Waals surface area contributed by atoms with Crippen LogP contribution >= 0.6 is 11.8 Å². The average Bonchev–Trinajstić information content (AvgIpc) is 3.02. The first-order chi connectivity index (χ1) is 11.3. The molecule has 1 aromatic heterocycles. The van der Waals surface area contributed by atoms with Crippen LogP contribution in [0.15, 0.2) is 17.6 Å². The summed E-state index contributed by atoms with van der Waals surface area (Å²) in [6, 6.07) is 0. The van der Waals surface area contributed by atoms with E-state index >= 15 is 0 Å². The van der Waals surface area contributed by atoms with Gasteiger partial charge in [-0.05, 0) is 40.7 Å². The fourth-order valence-electron chi connectivity index (χ4n) is 2.87. The Labute approximate surface area is 148 Å². The normalized spacial score (nSPS) is 26.2. The van der Waals surface area contributed by atoms with E-state index in [0.717, 1.165) is 36.7 Å². The van der Waals surface area contributed by atoms with Gasteiger partial charge in [-0.25, -0.2) is 9.97 Å². The summed E-state index contributed by atoms with van der Waals surface area (Å²) in [6.45, 7) is 11.1. The van der Waals surface area contributed by atoms with Gasteiger partial charge in [0.2, 0.25) is 0 Å². The van der Waals surface area contributed by atoms with Gasteiger partial charge in [-0.3, -0.25) is 4.90 Å². The Balaban J connectivity index is 1.59. The van der Waals surface area contributed by atoms with Gasteiger partial charge in [0.15, 0.2) is 5.16 Å². The fourth-order valence-corrected chi connectivity index (χ4v) is 3.91. The van der Waals surface area contributed by atoms with Crippen LogP contribution in [0.2, 0.25) is 0 Å². The monoisotopic (exact) mass is 351 g/mol. The first-order valence-electron chi connectivity index (χ1n) is 8.48. The van der Waals surface area contributed by atoms with Crippen LogP contribution in [-0.2, 0) is 9.31 Å². The van der Waals surface area contributed by atoms with Gasteiger partial charge in [0, 0.05) is 36.2 Å². The van der Waals surface area contributed by atoms with Crippen molar-refractivity contribution in [2.75, 3.05) is 26.2 Å². The summed E-state index contributed by atoms with van der Waals surface area (Å²) in [5, 5.41) is 10.3. The Kier molecular flexibility index (Phi) is 5.23. The molecule has 24 heavy (non-hydrogen) atoms. The first-order valence-corrected chi connectivity index (χ1v) is 9.36. The van der Waals surface area contributed by atoms with E-state index in [0.29, 0.717) is 5.25 Å². The number of nitrogens with zero attached hydrogens (tertiary/aromatic N) is 3. The molecule has 0 saturated carbocycles. The molecule has 0 bridgehead atoms. The lowest BCUT2D eigenvalue weighted by molar-refractivity contribution is 0.00578. The van der Waals surface area contributed by atoms with E-state index in [1.807, 2.05) is 27.7 Å². The number of aliphatic hydroxyl groups is 1. The van der Waals surface area contributed by atoms with Crippen molar-refractivity contribution < 1.29 is 14.4 Å². The number of likely N-dealkylation sites (tertiary alicyclic amines) is 1. The number of thioether (sulfide) groups is 1. The van der Waals surface area contributed by atoms with Crippen LogP contribution in [0.4, 0.5) is 0 Å². The zero-order valence-electron chi connectivity index (χ0n) is 14.9. The van der Waals surface area contributed by atoms with Crippen LogP contribution in [-0.4, -0.2) is 69.8 Å². The van der Waals surface area contributed by atoms with Gasteiger partial charge in [-0.15, -0.1) is 0 Å². The molecular weight excluding hydrogens is 325 g/mol. The summed E-state index contributed by atoms with van der Waals surface area (Å²) in [6.07, 6.45) is 4.71. The largest absolute Gasteiger partial charge is 0.498 e. The van der Waals surface area contributed by atoms with E-state index in [4.69, 9.17) is 14.4 Å². The molecule has 2 saturated heterocycles. The SMILES string of the molecule is CC1(C)OB(c2cnc(SC3CCN(CCO)C3)nc2)OC1(C)C. The lowest BCUT2D eigenvalue weighted by Crippen LogP contribution is -2.41. The van der Waals surface area contributed by atoms with Crippen LogP contribution in [0.5, 0.6) is 0 Å². The molecule has 0 spiro atoms. The number of hydrogen-bond acceptors (Lipinski definition) is 7. The molecule has 0 aromatic carbocycles. The van der Waals surface area contributed by atoms with Crippen LogP contribution in [0.25, 0.3) is 0 Å². The molecule has 132 valence electrons. The molecule has 1 aromatic rings. The summed E-state index contributed by atoms with van der Waals surface area (Å²) >= 11 is 1.70. The van der Waals surface area contributed by atoms with E-state index in [-0.39, 0.29) is 17.8 Å². The zero-order valence-corrected chi connectivity index (χ0v) is 15.7. The van der Waals surface area contributed by atoms with Crippen LogP contribution < -0.4 is 5.46 Å². The maximum Gasteiger partial charge on any atom is 0.498 e. The van der Waals surface area contributed by atoms with Crippen LogP contribution in [0.1, 0.15) is 34.1 Å². The highest BCUT2D eigenvalue weighted by molar-refractivity contribution is 7.99. The summed E-state index contributed by atoms with van der Waals surface area (Å²) in [7, 11) is -0.416. The van der Waals surface area contributed by atoms with Gasteiger partial charge in [0.1, 0.15) is 0 Å². The predicted molar refractivity (Wildman–Crippen MR) is 95.5 cm³/mol. The van der Waals surface area contributed by atoms with Crippen molar-refractivity contribution in [3.05, 3.63) is 12.4 Å². The van der Waals surface area contributed by atoms with Gasteiger partial charge in [0.25, 0.3) is 0 Å². The van der Waals surface area contributed by atoms with Gasteiger partial charge in [-0.1, -0.05) is 11.8 Å². The molecule has 1 unspecified atom stereocenters. The molecule has 2 aliphatic rings. The molecule has 1 N–H and O–H groups in total. The summed E-state index contributed by atoms with van der Waals surface area (Å²) in [5.74, 6) is 0. The fraction of sp³-hybridized carbons (Fsp3) is 0.750. The average molecular weight is 351 g/mol. The maximum absolute atomic E-state index is 9.01. The van der Waals surface area contributed by atoms with Crippen molar-refractivity contribution in [2.45, 2.75) is 55.7 Å². The number of rotatable bonds is 5.